The summed E-state index contributed by atoms with van der Waals surface area (Å²) in [5, 5.41) is 0.638. The van der Waals surface area contributed by atoms with Gasteiger partial charge in [-0.15, -0.1) is 0 Å². The number of carbonyl (C=O) groups excluding carboxylic acids is 1. The minimum atomic E-state index is -4.33. The Labute approximate surface area is 94.7 Å². The van der Waals surface area contributed by atoms with Gasteiger partial charge in [-0.1, -0.05) is 15.9 Å². The van der Waals surface area contributed by atoms with Gasteiger partial charge in [-0.05, 0) is 0 Å². The lowest BCUT2D eigenvalue weighted by Gasteiger charge is -2.15. The maximum atomic E-state index is 11.6. The Hall–Kier alpha value is -0.300. The molecule has 0 saturated heterocycles. The molecule has 0 spiro atoms. The molecule has 0 unspecified atom stereocenters. The van der Waals surface area contributed by atoms with E-state index in [1.807, 2.05) is 0 Å². The van der Waals surface area contributed by atoms with Crippen molar-refractivity contribution in [2.24, 2.45) is 0 Å². The fourth-order valence-electron chi connectivity index (χ4n) is 0.790. The average molecular weight is 292 g/mol. The van der Waals surface area contributed by atoms with E-state index >= 15 is 0 Å². The molecule has 0 aromatic heterocycles. The van der Waals surface area contributed by atoms with Crippen molar-refractivity contribution in [1.29, 1.82) is 0 Å². The van der Waals surface area contributed by atoms with E-state index in [0.717, 1.165) is 0 Å². The molecule has 0 bridgehead atoms. The second-order valence-corrected chi connectivity index (χ2v) is 3.72. The van der Waals surface area contributed by atoms with Gasteiger partial charge in [-0.2, -0.15) is 13.2 Å². The van der Waals surface area contributed by atoms with E-state index in [1.54, 1.807) is 7.05 Å². The van der Waals surface area contributed by atoms with Crippen LogP contribution in [-0.4, -0.2) is 49.1 Å². The van der Waals surface area contributed by atoms with Crippen LogP contribution in [0.2, 0.25) is 0 Å². The Kier molecular flexibility index (Phi) is 6.91. The van der Waals surface area contributed by atoms with Crippen LogP contribution in [0.1, 0.15) is 6.42 Å². The molecule has 0 aliphatic carbocycles. The molecule has 0 heterocycles. The molecular formula is C8H13BrF3NO2. The lowest BCUT2D eigenvalue weighted by atomic mass is 10.4. The lowest BCUT2D eigenvalue weighted by Crippen LogP contribution is -2.29. The molecule has 0 saturated carbocycles. The molecule has 0 aliphatic rings. The molecule has 0 N–H and O–H groups in total. The van der Waals surface area contributed by atoms with Crippen LogP contribution in [0.3, 0.4) is 0 Å². The Bertz CT molecular complexity index is 199. The number of hydrogen-bond donors (Lipinski definition) is 0. The highest BCUT2D eigenvalue weighted by atomic mass is 79.9. The minimum absolute atomic E-state index is 0.0282. The number of amides is 1. The summed E-state index contributed by atoms with van der Waals surface area (Å²) in [6, 6.07) is 0. The first-order valence-corrected chi connectivity index (χ1v) is 5.43. The van der Waals surface area contributed by atoms with Gasteiger partial charge in [0.2, 0.25) is 5.91 Å². The maximum absolute atomic E-state index is 11.6. The van der Waals surface area contributed by atoms with Gasteiger partial charge >= 0.3 is 6.18 Å². The van der Waals surface area contributed by atoms with E-state index in [9.17, 15) is 18.0 Å². The monoisotopic (exact) mass is 291 g/mol. The number of nitrogens with zero attached hydrogens (tertiary/aromatic N) is 1. The van der Waals surface area contributed by atoms with Gasteiger partial charge in [-0.3, -0.25) is 4.79 Å². The predicted molar refractivity (Wildman–Crippen MR) is 52.9 cm³/mol. The van der Waals surface area contributed by atoms with Gasteiger partial charge in [-0.25, -0.2) is 0 Å². The molecule has 0 atom stereocenters. The van der Waals surface area contributed by atoms with Crippen LogP contribution < -0.4 is 0 Å². The van der Waals surface area contributed by atoms with Crippen LogP contribution in [0.5, 0.6) is 0 Å². The first kappa shape index (κ1) is 14.7. The molecule has 0 aromatic carbocycles. The third-order valence-electron chi connectivity index (χ3n) is 1.57. The molecule has 3 nitrogen and oxygen atoms in total. The Morgan fingerprint density at radius 2 is 2.07 bits per heavy atom. The molecule has 0 aliphatic heterocycles. The summed E-state index contributed by atoms with van der Waals surface area (Å²) >= 11 is 3.15. The van der Waals surface area contributed by atoms with E-state index in [2.05, 4.69) is 20.7 Å². The summed E-state index contributed by atoms with van der Waals surface area (Å²) in [4.78, 5) is 12.6. The zero-order valence-corrected chi connectivity index (χ0v) is 9.90. The van der Waals surface area contributed by atoms with Gasteiger partial charge in [0.25, 0.3) is 0 Å². The van der Waals surface area contributed by atoms with Crippen molar-refractivity contribution < 1.29 is 22.7 Å². The summed E-state index contributed by atoms with van der Waals surface area (Å²) in [5.41, 5.74) is 0. The zero-order chi connectivity index (χ0) is 11.9. The highest BCUT2D eigenvalue weighted by Crippen LogP contribution is 2.14. The summed E-state index contributed by atoms with van der Waals surface area (Å²) in [5.74, 6) is -0.225. The molecule has 0 rings (SSSR count). The van der Waals surface area contributed by atoms with Gasteiger partial charge in [0.15, 0.2) is 0 Å². The molecule has 7 heteroatoms. The molecule has 0 aromatic rings. The lowest BCUT2D eigenvalue weighted by molar-refractivity contribution is -0.175. The molecule has 90 valence electrons. The predicted octanol–water partition coefficient (Wildman–Crippen LogP) is 1.81. The molecule has 1 amide bonds. The Morgan fingerprint density at radius 3 is 2.53 bits per heavy atom. The molecule has 0 radical (unpaired) electrons. The van der Waals surface area contributed by atoms with Crippen LogP contribution in [0.25, 0.3) is 0 Å². The van der Waals surface area contributed by atoms with E-state index in [-0.39, 0.29) is 18.9 Å². The first-order chi connectivity index (χ1) is 6.87. The molecule has 15 heavy (non-hydrogen) atoms. The highest BCUT2D eigenvalue weighted by molar-refractivity contribution is 9.09. The summed E-state index contributed by atoms with van der Waals surface area (Å²) < 4.78 is 39.2. The van der Waals surface area contributed by atoms with Crippen LogP contribution in [0.15, 0.2) is 0 Å². The number of rotatable bonds is 6. The number of ether oxygens (including phenoxy) is 1. The van der Waals surface area contributed by atoms with Crippen LogP contribution in [0, 0.1) is 0 Å². The van der Waals surface area contributed by atoms with E-state index in [0.29, 0.717) is 11.9 Å². The van der Waals surface area contributed by atoms with Crippen molar-refractivity contribution >= 4 is 21.8 Å². The fourth-order valence-corrected chi connectivity index (χ4v) is 1.32. The van der Waals surface area contributed by atoms with Gasteiger partial charge in [0.1, 0.15) is 6.61 Å². The quantitative estimate of drug-likeness (QED) is 0.552. The van der Waals surface area contributed by atoms with Crippen LogP contribution in [-0.2, 0) is 9.53 Å². The van der Waals surface area contributed by atoms with E-state index < -0.39 is 12.8 Å². The van der Waals surface area contributed by atoms with Gasteiger partial charge < -0.3 is 9.64 Å². The van der Waals surface area contributed by atoms with Crippen molar-refractivity contribution in [3.05, 3.63) is 0 Å². The standard InChI is InChI=1S/C8H13BrF3NO2/c1-13(4-3-9)7(14)2-5-15-6-8(10,11)12/h2-6H2,1H3. The van der Waals surface area contributed by atoms with Crippen LogP contribution in [0.4, 0.5) is 13.2 Å². The number of halogens is 4. The van der Waals surface area contributed by atoms with Crippen molar-refractivity contribution in [1.82, 2.24) is 4.90 Å². The van der Waals surface area contributed by atoms with Gasteiger partial charge in [0, 0.05) is 18.9 Å². The highest BCUT2D eigenvalue weighted by Gasteiger charge is 2.27. The summed E-state index contributed by atoms with van der Waals surface area (Å²) in [6.07, 6.45) is -4.36. The maximum Gasteiger partial charge on any atom is 0.411 e. The van der Waals surface area contributed by atoms with Crippen molar-refractivity contribution in [2.75, 3.05) is 32.1 Å². The normalized spacial score (nSPS) is 11.5. The Balaban J connectivity index is 3.55. The fraction of sp³-hybridized carbons (Fsp3) is 0.875. The molecular weight excluding hydrogens is 279 g/mol. The van der Waals surface area contributed by atoms with Crippen molar-refractivity contribution in [3.63, 3.8) is 0 Å². The van der Waals surface area contributed by atoms with Crippen LogP contribution >= 0.6 is 15.9 Å². The average Bonchev–Trinajstić information content (AvgIpc) is 2.11. The van der Waals surface area contributed by atoms with Crippen molar-refractivity contribution in [3.8, 4) is 0 Å². The van der Waals surface area contributed by atoms with E-state index in [4.69, 9.17) is 0 Å². The third kappa shape index (κ3) is 8.68. The molecule has 0 fully saturated rings. The second-order valence-electron chi connectivity index (χ2n) is 2.92. The topological polar surface area (TPSA) is 29.5 Å². The van der Waals surface area contributed by atoms with Crippen molar-refractivity contribution in [2.45, 2.75) is 12.6 Å². The second kappa shape index (κ2) is 7.05. The summed E-state index contributed by atoms with van der Waals surface area (Å²) in [6.45, 7) is -0.981. The number of carbonyl (C=O) groups is 1. The minimum Gasteiger partial charge on any atom is -0.372 e. The number of hydrogen-bond acceptors (Lipinski definition) is 2. The smallest absolute Gasteiger partial charge is 0.372 e. The largest absolute Gasteiger partial charge is 0.411 e. The third-order valence-corrected chi connectivity index (χ3v) is 1.93. The first-order valence-electron chi connectivity index (χ1n) is 4.31. The summed E-state index contributed by atoms with van der Waals surface area (Å²) in [7, 11) is 1.59. The van der Waals surface area contributed by atoms with Gasteiger partial charge in [0.05, 0.1) is 13.0 Å². The Morgan fingerprint density at radius 1 is 1.47 bits per heavy atom. The zero-order valence-electron chi connectivity index (χ0n) is 8.31. The van der Waals surface area contributed by atoms with E-state index in [1.165, 1.54) is 4.90 Å². The SMILES string of the molecule is CN(CCBr)C(=O)CCOCC(F)(F)F. The number of alkyl halides is 4.